The lowest BCUT2D eigenvalue weighted by atomic mass is 9.81. The second-order valence-corrected chi connectivity index (χ2v) is 6.79. The van der Waals surface area contributed by atoms with Gasteiger partial charge in [-0.3, -0.25) is 0 Å². The van der Waals surface area contributed by atoms with Crippen molar-refractivity contribution in [2.75, 3.05) is 19.8 Å². The molecule has 0 radical (unpaired) electrons. The van der Waals surface area contributed by atoms with Crippen LogP contribution in [0.25, 0.3) is 5.76 Å². The number of nitriles is 1. The number of carbonyl (C=O) groups is 1. The normalized spacial score (nSPS) is 15.6. The maximum absolute atomic E-state index is 13.2. The van der Waals surface area contributed by atoms with Crippen LogP contribution in [0.5, 0.6) is 11.5 Å². The van der Waals surface area contributed by atoms with E-state index in [1.165, 1.54) is 0 Å². The Bertz CT molecular complexity index is 1080. The Hall–Kier alpha value is -3.92. The lowest BCUT2D eigenvalue weighted by molar-refractivity contribution is -0.138. The molecule has 0 fully saturated rings. The fraction of sp³-hybridized carbons (Fsp3) is 0.280. The molecule has 0 spiro atoms. The SMILES string of the molecule is CCOC(=O)C1=C(c2ccccc2)OC(N)=C(C#N)C1c1cccc(OCC)c1OCC. The zero-order valence-electron chi connectivity index (χ0n) is 18.4. The summed E-state index contributed by atoms with van der Waals surface area (Å²) < 4.78 is 22.9. The Morgan fingerprint density at radius 2 is 1.75 bits per heavy atom. The van der Waals surface area contributed by atoms with Crippen LogP contribution < -0.4 is 15.2 Å². The fourth-order valence-corrected chi connectivity index (χ4v) is 3.62. The highest BCUT2D eigenvalue weighted by atomic mass is 16.5. The van der Waals surface area contributed by atoms with Crippen LogP contribution in [-0.4, -0.2) is 25.8 Å². The first-order chi connectivity index (χ1) is 15.6. The van der Waals surface area contributed by atoms with Gasteiger partial charge in [-0.15, -0.1) is 0 Å². The minimum absolute atomic E-state index is 0.0753. The standard InChI is InChI=1S/C25H26N2O5/c1-4-29-19-14-10-13-17(23(19)30-5-2)20-18(15-26)24(27)32-22(16-11-8-7-9-12-16)21(20)25(28)31-6-3/h7-14,20H,4-6,27H2,1-3H3. The molecule has 2 aromatic rings. The molecule has 1 atom stereocenters. The summed E-state index contributed by atoms with van der Waals surface area (Å²) in [4.78, 5) is 13.2. The average Bonchev–Trinajstić information content (AvgIpc) is 2.80. The lowest BCUT2D eigenvalue weighted by Gasteiger charge is -2.29. The van der Waals surface area contributed by atoms with Crippen molar-refractivity contribution in [1.82, 2.24) is 0 Å². The number of ether oxygens (including phenoxy) is 4. The van der Waals surface area contributed by atoms with Crippen LogP contribution in [0, 0.1) is 11.3 Å². The zero-order valence-corrected chi connectivity index (χ0v) is 18.4. The minimum atomic E-state index is -0.857. The summed E-state index contributed by atoms with van der Waals surface area (Å²) in [5, 5.41) is 9.96. The molecule has 0 bridgehead atoms. The molecule has 3 rings (SSSR count). The van der Waals surface area contributed by atoms with Crippen LogP contribution in [0.15, 0.2) is 65.6 Å². The number of nitrogens with two attached hydrogens (primary N) is 1. The molecule has 32 heavy (non-hydrogen) atoms. The van der Waals surface area contributed by atoms with Gasteiger partial charge in [0.05, 0.1) is 31.3 Å². The van der Waals surface area contributed by atoms with Gasteiger partial charge in [-0.25, -0.2) is 4.79 Å². The third kappa shape index (κ3) is 4.40. The predicted octanol–water partition coefficient (Wildman–Crippen LogP) is 4.27. The molecule has 7 nitrogen and oxygen atoms in total. The van der Waals surface area contributed by atoms with Gasteiger partial charge < -0.3 is 24.7 Å². The van der Waals surface area contributed by atoms with E-state index in [0.29, 0.717) is 35.8 Å². The van der Waals surface area contributed by atoms with E-state index < -0.39 is 11.9 Å². The number of benzene rings is 2. The smallest absolute Gasteiger partial charge is 0.338 e. The summed E-state index contributed by atoms with van der Waals surface area (Å²) in [6.45, 7) is 6.39. The van der Waals surface area contributed by atoms with Crippen LogP contribution in [0.1, 0.15) is 37.8 Å². The highest BCUT2D eigenvalue weighted by Crippen LogP contribution is 2.47. The second-order valence-electron chi connectivity index (χ2n) is 6.79. The van der Waals surface area contributed by atoms with Gasteiger partial charge >= 0.3 is 5.97 Å². The van der Waals surface area contributed by atoms with Gasteiger partial charge in [0, 0.05) is 11.1 Å². The molecule has 7 heteroatoms. The summed E-state index contributed by atoms with van der Waals surface area (Å²) in [6.07, 6.45) is 0. The summed E-state index contributed by atoms with van der Waals surface area (Å²) in [5.41, 5.74) is 7.66. The zero-order chi connectivity index (χ0) is 23.1. The van der Waals surface area contributed by atoms with Gasteiger partial charge in [-0.2, -0.15) is 5.26 Å². The molecule has 0 amide bonds. The molecule has 1 heterocycles. The molecule has 2 N–H and O–H groups in total. The number of nitrogens with zero attached hydrogens (tertiary/aromatic N) is 1. The van der Waals surface area contributed by atoms with Crippen LogP contribution in [0.2, 0.25) is 0 Å². The summed E-state index contributed by atoms with van der Waals surface area (Å²) in [5.74, 6) is -0.327. The van der Waals surface area contributed by atoms with Crippen molar-refractivity contribution in [2.24, 2.45) is 5.73 Å². The van der Waals surface area contributed by atoms with E-state index in [4.69, 9.17) is 24.7 Å². The molecule has 2 aromatic carbocycles. The molecule has 1 unspecified atom stereocenters. The van der Waals surface area contributed by atoms with Crippen molar-refractivity contribution < 1.29 is 23.7 Å². The number of rotatable bonds is 8. The van der Waals surface area contributed by atoms with E-state index in [1.807, 2.05) is 32.0 Å². The Morgan fingerprint density at radius 3 is 2.38 bits per heavy atom. The van der Waals surface area contributed by atoms with Gasteiger partial charge in [0.2, 0.25) is 5.88 Å². The van der Waals surface area contributed by atoms with E-state index in [-0.39, 0.29) is 29.4 Å². The average molecular weight is 434 g/mol. The third-order valence-corrected chi connectivity index (χ3v) is 4.86. The van der Waals surface area contributed by atoms with E-state index >= 15 is 0 Å². The van der Waals surface area contributed by atoms with E-state index in [2.05, 4.69) is 6.07 Å². The number of allylic oxidation sites excluding steroid dienone is 1. The first kappa shape index (κ1) is 22.8. The summed E-state index contributed by atoms with van der Waals surface area (Å²) in [7, 11) is 0. The van der Waals surface area contributed by atoms with Crippen molar-refractivity contribution in [1.29, 1.82) is 5.26 Å². The predicted molar refractivity (Wildman–Crippen MR) is 119 cm³/mol. The molecule has 0 saturated carbocycles. The summed E-state index contributed by atoms with van der Waals surface area (Å²) in [6, 6.07) is 16.6. The van der Waals surface area contributed by atoms with Crippen molar-refractivity contribution in [3.05, 3.63) is 76.7 Å². The maximum Gasteiger partial charge on any atom is 0.338 e. The van der Waals surface area contributed by atoms with Crippen molar-refractivity contribution in [3.63, 3.8) is 0 Å². The fourth-order valence-electron chi connectivity index (χ4n) is 3.62. The van der Waals surface area contributed by atoms with Crippen molar-refractivity contribution in [3.8, 4) is 17.6 Å². The minimum Gasteiger partial charge on any atom is -0.490 e. The monoisotopic (exact) mass is 434 g/mol. The van der Waals surface area contributed by atoms with E-state index in [9.17, 15) is 10.1 Å². The maximum atomic E-state index is 13.2. The van der Waals surface area contributed by atoms with Crippen LogP contribution in [0.3, 0.4) is 0 Å². The van der Waals surface area contributed by atoms with Crippen LogP contribution in [-0.2, 0) is 14.3 Å². The lowest BCUT2D eigenvalue weighted by Crippen LogP contribution is -2.26. The van der Waals surface area contributed by atoms with Gasteiger partial charge in [0.1, 0.15) is 17.4 Å². The van der Waals surface area contributed by atoms with Crippen LogP contribution in [0.4, 0.5) is 0 Å². The molecular weight excluding hydrogens is 408 g/mol. The highest BCUT2D eigenvalue weighted by Gasteiger charge is 2.40. The van der Waals surface area contributed by atoms with Crippen molar-refractivity contribution >= 4 is 11.7 Å². The number of para-hydroxylation sites is 1. The number of hydrogen-bond donors (Lipinski definition) is 1. The second kappa shape index (κ2) is 10.4. The molecule has 0 saturated heterocycles. The highest BCUT2D eigenvalue weighted by molar-refractivity contribution is 6.00. The van der Waals surface area contributed by atoms with Gasteiger partial charge in [0.25, 0.3) is 0 Å². The molecule has 0 aromatic heterocycles. The Morgan fingerprint density at radius 1 is 1.03 bits per heavy atom. The van der Waals surface area contributed by atoms with E-state index in [0.717, 1.165) is 0 Å². The van der Waals surface area contributed by atoms with Crippen molar-refractivity contribution in [2.45, 2.75) is 26.7 Å². The summed E-state index contributed by atoms with van der Waals surface area (Å²) >= 11 is 0. The van der Waals surface area contributed by atoms with Gasteiger partial charge in [0.15, 0.2) is 11.5 Å². The van der Waals surface area contributed by atoms with Gasteiger partial charge in [-0.05, 0) is 26.8 Å². The quantitative estimate of drug-likeness (QED) is 0.619. The number of esters is 1. The van der Waals surface area contributed by atoms with E-state index in [1.54, 1.807) is 37.3 Å². The molecule has 0 aliphatic carbocycles. The molecule has 1 aliphatic heterocycles. The third-order valence-electron chi connectivity index (χ3n) is 4.86. The first-order valence-electron chi connectivity index (χ1n) is 10.5. The Kier molecular flexibility index (Phi) is 7.40. The first-order valence-corrected chi connectivity index (χ1v) is 10.5. The van der Waals surface area contributed by atoms with Gasteiger partial charge in [-0.1, -0.05) is 42.5 Å². The number of hydrogen-bond acceptors (Lipinski definition) is 7. The van der Waals surface area contributed by atoms with Crippen LogP contribution >= 0.6 is 0 Å². The topological polar surface area (TPSA) is 104 Å². The molecule has 166 valence electrons. The molecular formula is C25H26N2O5. The number of carbonyl (C=O) groups excluding carboxylic acids is 1. The molecule has 1 aliphatic rings. The largest absolute Gasteiger partial charge is 0.490 e. The Balaban J connectivity index is 2.34. The Labute approximate surface area is 187 Å².